The van der Waals surface area contributed by atoms with E-state index in [4.69, 9.17) is 0 Å². The lowest BCUT2D eigenvalue weighted by molar-refractivity contribution is -0.124. The Labute approximate surface area is 219 Å². The van der Waals surface area contributed by atoms with Gasteiger partial charge in [0.25, 0.3) is 5.56 Å². The number of aromatic carboxylic acids is 1. The molecule has 1 unspecified atom stereocenters. The number of nitrogens with zero attached hydrogens (tertiary/aromatic N) is 1. The van der Waals surface area contributed by atoms with E-state index in [1.165, 1.54) is 4.57 Å². The van der Waals surface area contributed by atoms with Crippen LogP contribution in [0.3, 0.4) is 0 Å². The number of aromatic amines is 1. The molecule has 5 rings (SSSR count). The summed E-state index contributed by atoms with van der Waals surface area (Å²) in [5.41, 5.74) is 2.47. The predicted octanol–water partition coefficient (Wildman–Crippen LogP) is 5.66. The smallest absolute Gasteiger partial charge is 0.352 e. The van der Waals surface area contributed by atoms with Crippen LogP contribution in [0.5, 0.6) is 0 Å². The lowest BCUT2D eigenvalue weighted by Crippen LogP contribution is -2.46. The maximum Gasteiger partial charge on any atom is 0.352 e. The first kappa shape index (κ1) is 25.0. The SMILES string of the molecule is Cc1ccc(C(C(=O)NC(C)(C)C)n2c(=O)c3c(-c4ccccc4)c(C(=O)O)[nH]c3c3ccccc32)cc1. The zero-order chi connectivity index (χ0) is 27.2. The Hall–Kier alpha value is -4.65. The molecule has 2 aromatic heterocycles. The second-order valence-corrected chi connectivity index (χ2v) is 10.5. The number of rotatable bonds is 5. The molecular weight excluding hydrogens is 478 g/mol. The highest BCUT2D eigenvalue weighted by Crippen LogP contribution is 2.35. The molecule has 3 aromatic carbocycles. The van der Waals surface area contributed by atoms with Gasteiger partial charge in [-0.2, -0.15) is 0 Å². The summed E-state index contributed by atoms with van der Waals surface area (Å²) in [6.45, 7) is 7.63. The van der Waals surface area contributed by atoms with E-state index in [2.05, 4.69) is 10.3 Å². The fourth-order valence-corrected chi connectivity index (χ4v) is 4.96. The monoisotopic (exact) mass is 507 g/mol. The van der Waals surface area contributed by atoms with Crippen LogP contribution in [-0.2, 0) is 4.79 Å². The number of carbonyl (C=O) groups excluding carboxylic acids is 1. The van der Waals surface area contributed by atoms with Crippen molar-refractivity contribution in [3.8, 4) is 11.1 Å². The third-order valence-electron chi connectivity index (χ3n) is 6.54. The van der Waals surface area contributed by atoms with Gasteiger partial charge in [0.05, 0.1) is 16.4 Å². The van der Waals surface area contributed by atoms with Crippen molar-refractivity contribution in [2.45, 2.75) is 39.3 Å². The predicted molar refractivity (Wildman–Crippen MR) is 150 cm³/mol. The third-order valence-corrected chi connectivity index (χ3v) is 6.54. The number of aryl methyl sites for hydroxylation is 1. The van der Waals surface area contributed by atoms with E-state index in [1.54, 1.807) is 36.4 Å². The van der Waals surface area contributed by atoms with Gasteiger partial charge in [-0.15, -0.1) is 0 Å². The van der Waals surface area contributed by atoms with Gasteiger partial charge in [-0.05, 0) is 44.9 Å². The Balaban J connectivity index is 1.94. The summed E-state index contributed by atoms with van der Waals surface area (Å²) in [5.74, 6) is -1.50. The molecule has 0 spiro atoms. The first-order valence-corrected chi connectivity index (χ1v) is 12.4. The molecule has 38 heavy (non-hydrogen) atoms. The second kappa shape index (κ2) is 9.34. The molecule has 2 heterocycles. The highest BCUT2D eigenvalue weighted by atomic mass is 16.4. The molecule has 7 nitrogen and oxygen atoms in total. The van der Waals surface area contributed by atoms with Gasteiger partial charge in [0.1, 0.15) is 11.7 Å². The number of carboxylic acid groups (broad SMARTS) is 1. The zero-order valence-corrected chi connectivity index (χ0v) is 21.7. The Morgan fingerprint density at radius 3 is 2.18 bits per heavy atom. The molecule has 0 aliphatic carbocycles. The number of carbonyl (C=O) groups is 2. The quantitative estimate of drug-likeness (QED) is 0.285. The maximum absolute atomic E-state index is 14.5. The Kier molecular flexibility index (Phi) is 6.15. The normalized spacial score (nSPS) is 12.5. The number of fused-ring (bicyclic) bond motifs is 3. The zero-order valence-electron chi connectivity index (χ0n) is 21.7. The molecule has 0 saturated carbocycles. The van der Waals surface area contributed by atoms with Crippen molar-refractivity contribution in [3.05, 3.63) is 106 Å². The minimum atomic E-state index is -1.17. The lowest BCUT2D eigenvalue weighted by Gasteiger charge is -2.27. The van der Waals surface area contributed by atoms with Crippen LogP contribution in [0, 0.1) is 6.92 Å². The number of aromatic nitrogens is 2. The summed E-state index contributed by atoms with van der Waals surface area (Å²) < 4.78 is 1.50. The molecule has 0 aliphatic heterocycles. The van der Waals surface area contributed by atoms with Crippen LogP contribution in [0.4, 0.5) is 0 Å². The summed E-state index contributed by atoms with van der Waals surface area (Å²) >= 11 is 0. The minimum absolute atomic E-state index is 0.0720. The molecule has 0 fully saturated rings. The van der Waals surface area contributed by atoms with Gasteiger partial charge in [0, 0.05) is 16.5 Å². The van der Waals surface area contributed by atoms with E-state index in [-0.39, 0.29) is 17.0 Å². The van der Waals surface area contributed by atoms with E-state index in [9.17, 15) is 19.5 Å². The Bertz CT molecular complexity index is 1740. The molecule has 1 atom stereocenters. The van der Waals surface area contributed by atoms with E-state index >= 15 is 0 Å². The maximum atomic E-state index is 14.5. The third kappa shape index (κ3) is 4.36. The van der Waals surface area contributed by atoms with Crippen LogP contribution in [-0.4, -0.2) is 32.1 Å². The van der Waals surface area contributed by atoms with Crippen LogP contribution >= 0.6 is 0 Å². The van der Waals surface area contributed by atoms with Gasteiger partial charge in [-0.1, -0.05) is 78.4 Å². The lowest BCUT2D eigenvalue weighted by atomic mass is 9.98. The van der Waals surface area contributed by atoms with Gasteiger partial charge in [-0.25, -0.2) is 4.79 Å². The molecule has 0 radical (unpaired) electrons. The molecule has 5 aromatic rings. The van der Waals surface area contributed by atoms with Crippen molar-refractivity contribution in [2.24, 2.45) is 0 Å². The molecule has 3 N–H and O–H groups in total. The molecule has 0 bridgehead atoms. The molecular formula is C31H29N3O4. The Morgan fingerprint density at radius 1 is 0.921 bits per heavy atom. The van der Waals surface area contributed by atoms with Crippen LogP contribution in [0.2, 0.25) is 0 Å². The van der Waals surface area contributed by atoms with E-state index in [0.717, 1.165) is 5.56 Å². The molecule has 0 aliphatic rings. The number of H-pyrrole nitrogens is 1. The number of benzene rings is 3. The topological polar surface area (TPSA) is 104 Å². The van der Waals surface area contributed by atoms with Gasteiger partial charge in [0.15, 0.2) is 0 Å². The van der Waals surface area contributed by atoms with Crippen molar-refractivity contribution in [3.63, 3.8) is 0 Å². The number of hydrogen-bond acceptors (Lipinski definition) is 3. The van der Waals surface area contributed by atoms with Gasteiger partial charge >= 0.3 is 5.97 Å². The van der Waals surface area contributed by atoms with E-state index in [0.29, 0.717) is 33.1 Å². The van der Waals surface area contributed by atoms with Gasteiger partial charge < -0.3 is 15.4 Å². The van der Waals surface area contributed by atoms with Crippen molar-refractivity contribution < 1.29 is 14.7 Å². The van der Waals surface area contributed by atoms with Crippen molar-refractivity contribution >= 4 is 33.7 Å². The van der Waals surface area contributed by atoms with Crippen molar-refractivity contribution in [1.29, 1.82) is 0 Å². The largest absolute Gasteiger partial charge is 0.477 e. The number of para-hydroxylation sites is 1. The summed E-state index contributed by atoms with van der Waals surface area (Å²) in [4.78, 5) is 43.7. The number of nitrogens with one attached hydrogen (secondary N) is 2. The number of pyridine rings is 1. The fraction of sp³-hybridized carbons (Fsp3) is 0.194. The average Bonchev–Trinajstić information content (AvgIpc) is 3.28. The van der Waals surface area contributed by atoms with E-state index < -0.39 is 23.1 Å². The molecule has 1 amide bonds. The molecule has 7 heteroatoms. The number of carboxylic acids is 1. The Morgan fingerprint density at radius 2 is 1.55 bits per heavy atom. The van der Waals surface area contributed by atoms with Crippen LogP contribution < -0.4 is 10.9 Å². The van der Waals surface area contributed by atoms with Crippen molar-refractivity contribution in [2.75, 3.05) is 0 Å². The number of hydrogen-bond donors (Lipinski definition) is 3. The van der Waals surface area contributed by atoms with Crippen LogP contribution in [0.1, 0.15) is 48.4 Å². The summed E-state index contributed by atoms with van der Waals surface area (Å²) in [7, 11) is 0. The van der Waals surface area contributed by atoms with Crippen LogP contribution in [0.25, 0.3) is 32.9 Å². The molecule has 0 saturated heterocycles. The van der Waals surface area contributed by atoms with Crippen molar-refractivity contribution in [1.82, 2.24) is 14.9 Å². The first-order valence-electron chi connectivity index (χ1n) is 12.4. The standard InChI is InChI=1S/C31H29N3O4/c1-18-14-16-20(17-15-18)27(28(35)33-31(2,3)4)34-22-13-9-8-12-21(22)25-24(29(34)36)23(26(32-25)30(37)38)19-10-6-5-7-11-19/h5-17,27,32H,1-4H3,(H,33,35)(H,37,38). The molecule has 192 valence electrons. The first-order chi connectivity index (χ1) is 18.1. The summed E-state index contributed by atoms with van der Waals surface area (Å²) in [6.07, 6.45) is 0. The van der Waals surface area contributed by atoms with E-state index in [1.807, 2.05) is 70.2 Å². The van der Waals surface area contributed by atoms with Crippen LogP contribution in [0.15, 0.2) is 83.7 Å². The summed E-state index contributed by atoms with van der Waals surface area (Å²) in [6, 6.07) is 22.8. The second-order valence-electron chi connectivity index (χ2n) is 10.5. The van der Waals surface area contributed by atoms with Gasteiger partial charge in [0.2, 0.25) is 5.91 Å². The minimum Gasteiger partial charge on any atom is -0.477 e. The number of amides is 1. The highest BCUT2D eigenvalue weighted by Gasteiger charge is 2.31. The fourth-order valence-electron chi connectivity index (χ4n) is 4.96. The average molecular weight is 508 g/mol. The van der Waals surface area contributed by atoms with Gasteiger partial charge in [-0.3, -0.25) is 14.2 Å². The summed E-state index contributed by atoms with van der Waals surface area (Å²) in [5, 5.41) is 14.0. The highest BCUT2D eigenvalue weighted by molar-refractivity contribution is 6.14.